The first-order valence-electron chi connectivity index (χ1n) is 38.9. The molecule has 3 N–H and O–H groups in total. The lowest BCUT2D eigenvalue weighted by Crippen LogP contribution is -2.45. The van der Waals surface area contributed by atoms with Gasteiger partial charge in [0.15, 0.2) is 0 Å². The van der Waals surface area contributed by atoms with Crippen molar-refractivity contribution in [3.05, 3.63) is 48.6 Å². The second-order valence-corrected chi connectivity index (χ2v) is 26.7. The average Bonchev–Trinajstić information content (AvgIpc) is 3.54. The second kappa shape index (κ2) is 75.3. The lowest BCUT2D eigenvalue weighted by Gasteiger charge is -2.20. The molecular formula is C80H151NO5. The lowest BCUT2D eigenvalue weighted by atomic mass is 10.0. The maximum atomic E-state index is 12.5. The Labute approximate surface area is 537 Å². The van der Waals surface area contributed by atoms with Gasteiger partial charge in [0.05, 0.1) is 25.4 Å². The molecule has 0 spiro atoms. The SMILES string of the molecule is CCCCCC/C=C\C/C=C\CCCCCCCC(=O)OCCCCCCCCCCCCCC/C=C\CCCCCCCCCCCCCCCCCCCC(=O)NC(CO)C(O)/C=C/CCCCCCCCCCCCCCCCCCCC. The van der Waals surface area contributed by atoms with Crippen molar-refractivity contribution in [3.63, 3.8) is 0 Å². The largest absolute Gasteiger partial charge is 0.466 e. The van der Waals surface area contributed by atoms with Crippen LogP contribution in [0, 0.1) is 0 Å². The Morgan fingerprint density at radius 2 is 0.581 bits per heavy atom. The Balaban J connectivity index is 3.38. The average molecular weight is 1210 g/mol. The predicted molar refractivity (Wildman–Crippen MR) is 379 cm³/mol. The number of hydrogen-bond acceptors (Lipinski definition) is 5. The zero-order valence-corrected chi connectivity index (χ0v) is 58.1. The lowest BCUT2D eigenvalue weighted by molar-refractivity contribution is -0.143. The minimum atomic E-state index is -0.844. The van der Waals surface area contributed by atoms with E-state index in [-0.39, 0.29) is 18.5 Å². The van der Waals surface area contributed by atoms with Gasteiger partial charge in [-0.3, -0.25) is 9.59 Å². The summed E-state index contributed by atoms with van der Waals surface area (Å²) in [4.78, 5) is 24.6. The van der Waals surface area contributed by atoms with E-state index < -0.39 is 12.1 Å². The molecule has 86 heavy (non-hydrogen) atoms. The molecule has 2 atom stereocenters. The van der Waals surface area contributed by atoms with Gasteiger partial charge in [0, 0.05) is 12.8 Å². The molecule has 0 aliphatic heterocycles. The van der Waals surface area contributed by atoms with Gasteiger partial charge in [-0.15, -0.1) is 0 Å². The number of rotatable bonds is 73. The predicted octanol–water partition coefficient (Wildman–Crippen LogP) is 25.6. The number of carbonyl (C=O) groups is 2. The van der Waals surface area contributed by atoms with Crippen LogP contribution in [0.3, 0.4) is 0 Å². The fourth-order valence-corrected chi connectivity index (χ4v) is 12.1. The van der Waals surface area contributed by atoms with Crippen molar-refractivity contribution in [1.82, 2.24) is 5.32 Å². The van der Waals surface area contributed by atoms with Gasteiger partial charge in [-0.1, -0.05) is 371 Å². The molecule has 0 aromatic heterocycles. The molecule has 0 aromatic rings. The molecule has 0 fully saturated rings. The van der Waals surface area contributed by atoms with Gasteiger partial charge < -0.3 is 20.3 Å². The van der Waals surface area contributed by atoms with Crippen LogP contribution in [0.1, 0.15) is 425 Å². The Hall–Kier alpha value is -2.18. The summed E-state index contributed by atoms with van der Waals surface area (Å²) in [5, 5.41) is 23.3. The first kappa shape index (κ1) is 83.8. The van der Waals surface area contributed by atoms with Crippen molar-refractivity contribution in [2.24, 2.45) is 0 Å². The highest BCUT2D eigenvalue weighted by Crippen LogP contribution is 2.19. The molecule has 0 saturated heterocycles. The highest BCUT2D eigenvalue weighted by Gasteiger charge is 2.18. The van der Waals surface area contributed by atoms with Gasteiger partial charge in [0.1, 0.15) is 0 Å². The van der Waals surface area contributed by atoms with Crippen molar-refractivity contribution in [3.8, 4) is 0 Å². The van der Waals surface area contributed by atoms with Gasteiger partial charge >= 0.3 is 5.97 Å². The quantitative estimate of drug-likeness (QED) is 0.0320. The van der Waals surface area contributed by atoms with Crippen molar-refractivity contribution in [2.75, 3.05) is 13.2 Å². The highest BCUT2D eigenvalue weighted by molar-refractivity contribution is 5.76. The number of hydrogen-bond donors (Lipinski definition) is 3. The van der Waals surface area contributed by atoms with Crippen LogP contribution in [-0.4, -0.2) is 47.4 Å². The summed E-state index contributed by atoms with van der Waals surface area (Å²) in [6.07, 6.45) is 99.4. The summed E-state index contributed by atoms with van der Waals surface area (Å²) < 4.78 is 5.49. The highest BCUT2D eigenvalue weighted by atomic mass is 16.5. The first-order valence-corrected chi connectivity index (χ1v) is 38.9. The number of amides is 1. The number of aliphatic hydroxyl groups excluding tert-OH is 2. The summed E-state index contributed by atoms with van der Waals surface area (Å²) in [5.41, 5.74) is 0. The van der Waals surface area contributed by atoms with Crippen molar-refractivity contribution < 1.29 is 24.5 Å². The van der Waals surface area contributed by atoms with E-state index in [4.69, 9.17) is 4.74 Å². The maximum Gasteiger partial charge on any atom is 0.305 e. The van der Waals surface area contributed by atoms with Crippen LogP contribution in [0.4, 0.5) is 0 Å². The molecule has 0 heterocycles. The summed E-state index contributed by atoms with van der Waals surface area (Å²) in [7, 11) is 0. The number of ether oxygens (including phenoxy) is 1. The van der Waals surface area contributed by atoms with Crippen molar-refractivity contribution >= 4 is 11.9 Å². The third-order valence-electron chi connectivity index (χ3n) is 18.1. The number of nitrogens with one attached hydrogen (secondary N) is 1. The Morgan fingerprint density at radius 1 is 0.326 bits per heavy atom. The molecule has 1 amide bonds. The van der Waals surface area contributed by atoms with Gasteiger partial charge in [-0.2, -0.15) is 0 Å². The van der Waals surface area contributed by atoms with Gasteiger partial charge in [0.25, 0.3) is 0 Å². The number of allylic oxidation sites excluding steroid dienone is 7. The van der Waals surface area contributed by atoms with E-state index in [9.17, 15) is 19.8 Å². The molecule has 6 nitrogen and oxygen atoms in total. The van der Waals surface area contributed by atoms with Gasteiger partial charge in [0.2, 0.25) is 5.91 Å². The van der Waals surface area contributed by atoms with E-state index in [0.717, 1.165) is 51.4 Å². The number of aliphatic hydroxyl groups is 2. The maximum absolute atomic E-state index is 12.5. The number of esters is 1. The van der Waals surface area contributed by atoms with Crippen LogP contribution in [0.15, 0.2) is 48.6 Å². The third-order valence-corrected chi connectivity index (χ3v) is 18.1. The fraction of sp³-hybridized carbons (Fsp3) is 0.875. The molecule has 0 rings (SSSR count). The standard InChI is InChI=1S/C80H151NO5/c1-3-5-7-9-11-13-15-17-19-21-22-38-41-44-48-52-56-60-64-68-72-78(83)77(76-82)81-79(84)73-69-65-61-57-53-49-45-42-39-36-34-32-30-28-26-24-23-25-27-29-31-33-35-37-40-43-47-51-55-59-63-67-71-75-86-80(85)74-70-66-62-58-54-50-46-20-18-16-14-12-10-8-6-4-2/h14,16,20,27,29,46,68,72,77-78,82-83H,3-13,15,17-19,21-26,28,30-45,47-67,69-71,73-76H2,1-2H3,(H,81,84)/b16-14-,29-27-,46-20-,72-68+. The number of unbranched alkanes of at least 4 members (excludes halogenated alkanes) is 56. The van der Waals surface area contributed by atoms with Crippen LogP contribution in [-0.2, 0) is 14.3 Å². The summed E-state index contributed by atoms with van der Waals surface area (Å²) in [6, 6.07) is -0.627. The van der Waals surface area contributed by atoms with E-state index in [1.54, 1.807) is 6.08 Å². The molecule has 0 bridgehead atoms. The molecule has 0 aliphatic carbocycles. The second-order valence-electron chi connectivity index (χ2n) is 26.7. The van der Waals surface area contributed by atoms with Crippen LogP contribution >= 0.6 is 0 Å². The zero-order chi connectivity index (χ0) is 62.0. The van der Waals surface area contributed by atoms with Gasteiger partial charge in [-0.05, 0) is 89.9 Å². The molecule has 506 valence electrons. The van der Waals surface area contributed by atoms with Crippen molar-refractivity contribution in [1.29, 1.82) is 0 Å². The van der Waals surface area contributed by atoms with Crippen LogP contribution in [0.2, 0.25) is 0 Å². The Morgan fingerprint density at radius 3 is 0.907 bits per heavy atom. The summed E-state index contributed by atoms with van der Waals surface area (Å²) in [6.45, 7) is 4.92. The van der Waals surface area contributed by atoms with E-state index in [2.05, 4.69) is 55.6 Å². The normalized spacial score (nSPS) is 12.7. The van der Waals surface area contributed by atoms with Gasteiger partial charge in [-0.25, -0.2) is 0 Å². The van der Waals surface area contributed by atoms with Crippen LogP contribution in [0.25, 0.3) is 0 Å². The fourth-order valence-electron chi connectivity index (χ4n) is 12.1. The molecule has 0 radical (unpaired) electrons. The molecule has 0 saturated carbocycles. The first-order chi connectivity index (χ1) is 42.5. The Bertz CT molecular complexity index is 1440. The van der Waals surface area contributed by atoms with E-state index in [0.29, 0.717) is 19.4 Å². The summed E-state index contributed by atoms with van der Waals surface area (Å²) >= 11 is 0. The Kier molecular flexibility index (Phi) is 73.4. The number of carbonyl (C=O) groups excluding carboxylic acids is 2. The van der Waals surface area contributed by atoms with Crippen LogP contribution in [0.5, 0.6) is 0 Å². The molecule has 6 heteroatoms. The summed E-state index contributed by atoms with van der Waals surface area (Å²) in [5.74, 6) is -0.0558. The zero-order valence-electron chi connectivity index (χ0n) is 58.1. The smallest absolute Gasteiger partial charge is 0.305 e. The minimum absolute atomic E-state index is 0.00531. The minimum Gasteiger partial charge on any atom is -0.466 e. The van der Waals surface area contributed by atoms with E-state index >= 15 is 0 Å². The monoisotopic (exact) mass is 1210 g/mol. The van der Waals surface area contributed by atoms with Crippen molar-refractivity contribution in [2.45, 2.75) is 437 Å². The topological polar surface area (TPSA) is 95.9 Å². The third kappa shape index (κ3) is 70.9. The molecule has 0 aliphatic rings. The van der Waals surface area contributed by atoms with Crippen LogP contribution < -0.4 is 5.32 Å². The molecule has 2 unspecified atom stereocenters. The molecule has 0 aromatic carbocycles. The molecular weight excluding hydrogens is 1050 g/mol. The van der Waals surface area contributed by atoms with E-state index in [1.165, 1.54) is 347 Å². The van der Waals surface area contributed by atoms with E-state index in [1.807, 2.05) is 6.08 Å².